The molecule has 1 nitrogen and oxygen atoms in total. The Morgan fingerprint density at radius 3 is 2.57 bits per heavy atom. The Kier molecular flexibility index (Phi) is 2.16. The Morgan fingerprint density at radius 1 is 1.21 bits per heavy atom. The van der Waals surface area contributed by atoms with Crippen LogP contribution in [0.5, 0.6) is 0 Å². The molecule has 2 aliphatic carbocycles. The lowest BCUT2D eigenvalue weighted by Crippen LogP contribution is -2.30. The summed E-state index contributed by atoms with van der Waals surface area (Å²) in [6.07, 6.45) is 8.35. The second-order valence-corrected chi connectivity index (χ2v) is 5.55. The zero-order valence-corrected chi connectivity index (χ0v) is 9.13. The van der Waals surface area contributed by atoms with Gasteiger partial charge < -0.3 is 5.32 Å². The minimum atomic E-state index is 0.939. The van der Waals surface area contributed by atoms with E-state index in [1.165, 1.54) is 38.8 Å². The van der Waals surface area contributed by atoms with Crippen LogP contribution in [0.4, 0.5) is 0 Å². The Hall–Kier alpha value is -0.300. The minimum absolute atomic E-state index is 0.939. The van der Waals surface area contributed by atoms with Gasteiger partial charge in [-0.1, -0.05) is 18.6 Å². The van der Waals surface area contributed by atoms with E-state index in [1.54, 1.807) is 0 Å². The van der Waals surface area contributed by atoms with E-state index in [0.29, 0.717) is 0 Å². The third-order valence-corrected chi connectivity index (χ3v) is 4.38. The molecule has 0 unspecified atom stereocenters. The van der Waals surface area contributed by atoms with Gasteiger partial charge in [0.15, 0.2) is 0 Å². The molecule has 3 rings (SSSR count). The average Bonchev–Trinajstić information content (AvgIpc) is 2.94. The van der Waals surface area contributed by atoms with Crippen LogP contribution in [-0.2, 0) is 0 Å². The molecule has 0 radical (unpaired) electrons. The summed E-state index contributed by atoms with van der Waals surface area (Å²) in [6.45, 7) is 4.89. The van der Waals surface area contributed by atoms with E-state index in [1.807, 2.05) is 5.57 Å². The summed E-state index contributed by atoms with van der Waals surface area (Å²) in [5, 5.41) is 3.45. The van der Waals surface area contributed by atoms with Crippen LogP contribution in [0.2, 0.25) is 0 Å². The maximum absolute atomic E-state index is 3.45. The van der Waals surface area contributed by atoms with Crippen LogP contribution in [0, 0.1) is 23.7 Å². The largest absolute Gasteiger partial charge is 0.317 e. The van der Waals surface area contributed by atoms with Crippen molar-refractivity contribution in [3.8, 4) is 0 Å². The molecule has 0 spiro atoms. The molecule has 1 aliphatic heterocycles. The molecule has 3 aliphatic rings. The van der Waals surface area contributed by atoms with Gasteiger partial charge in [0.2, 0.25) is 0 Å². The van der Waals surface area contributed by atoms with Crippen LogP contribution in [0.25, 0.3) is 0 Å². The predicted octanol–water partition coefficient (Wildman–Crippen LogP) is 2.59. The molecule has 1 heteroatoms. The van der Waals surface area contributed by atoms with Crippen LogP contribution in [0.1, 0.15) is 32.6 Å². The normalized spacial score (nSPS) is 42.9. The summed E-state index contributed by atoms with van der Waals surface area (Å²) < 4.78 is 0. The SMILES string of the molecule is CC1CC(C2=C[C@@H]2C2CCNCC2)C1. The van der Waals surface area contributed by atoms with Gasteiger partial charge in [0.05, 0.1) is 0 Å². The molecule has 2 fully saturated rings. The van der Waals surface area contributed by atoms with E-state index < -0.39 is 0 Å². The molecule has 0 aromatic heterocycles. The molecular weight excluding hydrogens is 170 g/mol. The first kappa shape index (κ1) is 8.96. The van der Waals surface area contributed by atoms with Crippen LogP contribution in [0.15, 0.2) is 11.6 Å². The molecule has 1 heterocycles. The smallest absolute Gasteiger partial charge is 0.00120 e. The molecule has 14 heavy (non-hydrogen) atoms. The highest BCUT2D eigenvalue weighted by molar-refractivity contribution is 5.34. The summed E-state index contributed by atoms with van der Waals surface area (Å²) in [5.41, 5.74) is 1.84. The van der Waals surface area contributed by atoms with Crippen molar-refractivity contribution in [1.29, 1.82) is 0 Å². The molecule has 1 saturated heterocycles. The van der Waals surface area contributed by atoms with Gasteiger partial charge in [-0.25, -0.2) is 0 Å². The third-order valence-electron chi connectivity index (χ3n) is 4.38. The molecule has 1 atom stereocenters. The van der Waals surface area contributed by atoms with Gasteiger partial charge in [0, 0.05) is 5.92 Å². The summed E-state index contributed by atoms with van der Waals surface area (Å²) in [4.78, 5) is 0. The van der Waals surface area contributed by atoms with Crippen molar-refractivity contribution in [1.82, 2.24) is 5.32 Å². The third kappa shape index (κ3) is 1.52. The van der Waals surface area contributed by atoms with Gasteiger partial charge >= 0.3 is 0 Å². The molecular formula is C13H21N. The standard InChI is InChI=1S/C13H21N/c1-9-6-11(7-9)13-8-12(13)10-2-4-14-5-3-10/h8-12,14H,2-7H2,1H3/t9?,11?,12-/m1/s1. The van der Waals surface area contributed by atoms with Crippen LogP contribution < -0.4 is 5.32 Å². The Morgan fingerprint density at radius 2 is 1.93 bits per heavy atom. The second kappa shape index (κ2) is 3.37. The van der Waals surface area contributed by atoms with E-state index >= 15 is 0 Å². The lowest BCUT2D eigenvalue weighted by Gasteiger charge is -2.33. The van der Waals surface area contributed by atoms with Crippen LogP contribution >= 0.6 is 0 Å². The fraction of sp³-hybridized carbons (Fsp3) is 0.846. The first-order valence-electron chi connectivity index (χ1n) is 6.27. The van der Waals surface area contributed by atoms with Crippen LogP contribution in [0.3, 0.4) is 0 Å². The van der Waals surface area contributed by atoms with Crippen molar-refractivity contribution >= 4 is 0 Å². The highest BCUT2D eigenvalue weighted by Crippen LogP contribution is 2.51. The van der Waals surface area contributed by atoms with Gasteiger partial charge in [-0.3, -0.25) is 0 Å². The number of piperidine rings is 1. The quantitative estimate of drug-likeness (QED) is 0.662. The van der Waals surface area contributed by atoms with Crippen molar-refractivity contribution in [3.63, 3.8) is 0 Å². The fourth-order valence-electron chi connectivity index (χ4n) is 3.35. The summed E-state index contributed by atoms with van der Waals surface area (Å²) in [6, 6.07) is 0. The maximum atomic E-state index is 3.45. The van der Waals surface area contributed by atoms with Gasteiger partial charge in [0.1, 0.15) is 0 Å². The molecule has 0 aromatic rings. The van der Waals surface area contributed by atoms with E-state index in [4.69, 9.17) is 0 Å². The zero-order chi connectivity index (χ0) is 9.54. The number of allylic oxidation sites excluding steroid dienone is 2. The van der Waals surface area contributed by atoms with Crippen molar-refractivity contribution < 1.29 is 0 Å². The van der Waals surface area contributed by atoms with E-state index in [0.717, 1.165) is 23.7 Å². The van der Waals surface area contributed by atoms with E-state index in [2.05, 4.69) is 18.3 Å². The first-order chi connectivity index (χ1) is 6.84. The van der Waals surface area contributed by atoms with Gasteiger partial charge in [0.25, 0.3) is 0 Å². The summed E-state index contributed by atoms with van der Waals surface area (Å²) in [5.74, 6) is 3.96. The van der Waals surface area contributed by atoms with Gasteiger partial charge in [-0.2, -0.15) is 0 Å². The Balaban J connectivity index is 1.49. The summed E-state index contributed by atoms with van der Waals surface area (Å²) in [7, 11) is 0. The number of nitrogens with one attached hydrogen (secondary N) is 1. The Labute approximate surface area is 87.0 Å². The maximum Gasteiger partial charge on any atom is 0.00120 e. The summed E-state index contributed by atoms with van der Waals surface area (Å²) >= 11 is 0. The molecule has 0 amide bonds. The zero-order valence-electron chi connectivity index (χ0n) is 9.13. The molecule has 78 valence electrons. The van der Waals surface area contributed by atoms with Crippen molar-refractivity contribution in [2.45, 2.75) is 32.6 Å². The van der Waals surface area contributed by atoms with E-state index in [9.17, 15) is 0 Å². The highest BCUT2D eigenvalue weighted by atomic mass is 14.9. The fourth-order valence-corrected chi connectivity index (χ4v) is 3.35. The monoisotopic (exact) mass is 191 g/mol. The van der Waals surface area contributed by atoms with Crippen molar-refractivity contribution in [2.75, 3.05) is 13.1 Å². The topological polar surface area (TPSA) is 12.0 Å². The van der Waals surface area contributed by atoms with E-state index in [-0.39, 0.29) is 0 Å². The number of rotatable bonds is 2. The second-order valence-electron chi connectivity index (χ2n) is 5.55. The molecule has 0 bridgehead atoms. The highest BCUT2D eigenvalue weighted by Gasteiger charge is 2.41. The molecule has 0 aromatic carbocycles. The molecule has 1 saturated carbocycles. The first-order valence-corrected chi connectivity index (χ1v) is 6.27. The van der Waals surface area contributed by atoms with Crippen LogP contribution in [-0.4, -0.2) is 13.1 Å². The predicted molar refractivity (Wildman–Crippen MR) is 59.1 cm³/mol. The average molecular weight is 191 g/mol. The van der Waals surface area contributed by atoms with Gasteiger partial charge in [-0.05, 0) is 56.5 Å². The minimum Gasteiger partial charge on any atom is -0.317 e. The molecule has 1 N–H and O–H groups in total. The van der Waals surface area contributed by atoms with Crippen molar-refractivity contribution in [2.24, 2.45) is 23.7 Å². The lowest BCUT2D eigenvalue weighted by atomic mass is 9.72. The Bertz CT molecular complexity index is 244. The van der Waals surface area contributed by atoms with Crippen molar-refractivity contribution in [3.05, 3.63) is 11.6 Å². The van der Waals surface area contributed by atoms with Gasteiger partial charge in [-0.15, -0.1) is 0 Å². The number of hydrogen-bond acceptors (Lipinski definition) is 1. The number of hydrogen-bond donors (Lipinski definition) is 1. The lowest BCUT2D eigenvalue weighted by molar-refractivity contribution is 0.238.